The fourth-order valence-corrected chi connectivity index (χ4v) is 2.25. The first-order valence-corrected chi connectivity index (χ1v) is 7.31. The van der Waals surface area contributed by atoms with Gasteiger partial charge >= 0.3 is 5.97 Å². The van der Waals surface area contributed by atoms with Crippen LogP contribution in [0.25, 0.3) is 0 Å². The minimum Gasteiger partial charge on any atom is -0.480 e. The highest BCUT2D eigenvalue weighted by atomic mass is 35.5. The summed E-state index contributed by atoms with van der Waals surface area (Å²) >= 11 is 0. The van der Waals surface area contributed by atoms with E-state index in [9.17, 15) is 9.90 Å². The van der Waals surface area contributed by atoms with E-state index in [1.54, 1.807) is 0 Å². The average Bonchev–Trinajstić information content (AvgIpc) is 2.35. The minimum absolute atomic E-state index is 0. The number of nitrogens with two attached hydrogens (primary N) is 1. The molecule has 0 amide bonds. The Morgan fingerprint density at radius 1 is 1.19 bits per heavy atom. The SMILES string of the molecule is CCCC[C@@](N)(Cc1ccc(C(C)(C)C)cc1)C(=O)O.Cl. The van der Waals surface area contributed by atoms with Crippen LogP contribution in [-0.4, -0.2) is 16.6 Å². The number of carboxylic acid groups (broad SMARTS) is 1. The standard InChI is InChI=1S/C17H27NO2.ClH/c1-5-6-11-17(18,15(19)20)12-13-7-9-14(10-8-13)16(2,3)4;/h7-10H,5-6,11-12,18H2,1-4H3,(H,19,20);1H/t17-;/m1./s1. The first-order valence-electron chi connectivity index (χ1n) is 7.31. The van der Waals surface area contributed by atoms with Gasteiger partial charge < -0.3 is 10.8 Å². The Bertz CT molecular complexity index is 451. The van der Waals surface area contributed by atoms with E-state index in [1.165, 1.54) is 5.56 Å². The Morgan fingerprint density at radius 3 is 2.10 bits per heavy atom. The number of rotatable bonds is 6. The molecule has 3 nitrogen and oxygen atoms in total. The predicted octanol–water partition coefficient (Wildman–Crippen LogP) is 3.92. The number of carboxylic acids is 1. The highest BCUT2D eigenvalue weighted by Crippen LogP contribution is 2.24. The van der Waals surface area contributed by atoms with Crippen molar-refractivity contribution in [1.29, 1.82) is 0 Å². The van der Waals surface area contributed by atoms with Crippen LogP contribution < -0.4 is 5.73 Å². The lowest BCUT2D eigenvalue weighted by Crippen LogP contribution is -2.49. The Balaban J connectivity index is 0.00000400. The van der Waals surface area contributed by atoms with Gasteiger partial charge in [0.05, 0.1) is 0 Å². The third kappa shape index (κ3) is 5.68. The van der Waals surface area contributed by atoms with Crippen LogP contribution in [0.2, 0.25) is 0 Å². The van der Waals surface area contributed by atoms with Gasteiger partial charge in [-0.15, -0.1) is 12.4 Å². The van der Waals surface area contributed by atoms with E-state index >= 15 is 0 Å². The highest BCUT2D eigenvalue weighted by molar-refractivity contribution is 5.85. The van der Waals surface area contributed by atoms with E-state index in [0.717, 1.165) is 18.4 Å². The third-order valence-electron chi connectivity index (χ3n) is 3.74. The molecule has 0 aliphatic heterocycles. The second-order valence-electron chi connectivity index (χ2n) is 6.69. The van der Waals surface area contributed by atoms with Crippen molar-refractivity contribution in [3.05, 3.63) is 35.4 Å². The van der Waals surface area contributed by atoms with Gasteiger partial charge in [0.2, 0.25) is 0 Å². The summed E-state index contributed by atoms with van der Waals surface area (Å²) in [5.74, 6) is -0.911. The molecule has 1 aromatic rings. The largest absolute Gasteiger partial charge is 0.480 e. The Kier molecular flexibility index (Phi) is 7.41. The second-order valence-corrected chi connectivity index (χ2v) is 6.69. The summed E-state index contributed by atoms with van der Waals surface area (Å²) < 4.78 is 0. The van der Waals surface area contributed by atoms with Crippen molar-refractivity contribution in [2.45, 2.75) is 64.3 Å². The molecule has 0 bridgehead atoms. The first kappa shape index (κ1) is 19.9. The summed E-state index contributed by atoms with van der Waals surface area (Å²) in [5, 5.41) is 9.38. The van der Waals surface area contributed by atoms with Gasteiger partial charge in [-0.3, -0.25) is 4.79 Å². The molecule has 4 heteroatoms. The fourth-order valence-electron chi connectivity index (χ4n) is 2.25. The summed E-state index contributed by atoms with van der Waals surface area (Å²) in [6.45, 7) is 8.52. The molecule has 0 aliphatic carbocycles. The van der Waals surface area contributed by atoms with Gasteiger partial charge in [-0.25, -0.2) is 0 Å². The lowest BCUT2D eigenvalue weighted by Gasteiger charge is -2.25. The average molecular weight is 314 g/mol. The van der Waals surface area contributed by atoms with E-state index in [4.69, 9.17) is 5.73 Å². The van der Waals surface area contributed by atoms with Crippen LogP contribution in [-0.2, 0) is 16.6 Å². The predicted molar refractivity (Wildman–Crippen MR) is 90.2 cm³/mol. The molecule has 1 rings (SSSR count). The van der Waals surface area contributed by atoms with Crippen molar-refractivity contribution >= 4 is 18.4 Å². The molecule has 1 atom stereocenters. The van der Waals surface area contributed by atoms with Gasteiger partial charge in [0.15, 0.2) is 0 Å². The molecular weight excluding hydrogens is 286 g/mol. The lowest BCUT2D eigenvalue weighted by molar-refractivity contribution is -0.143. The molecule has 3 N–H and O–H groups in total. The molecule has 0 saturated carbocycles. The zero-order valence-corrected chi connectivity index (χ0v) is 14.3. The Hall–Kier alpha value is -1.06. The van der Waals surface area contributed by atoms with Crippen molar-refractivity contribution in [2.75, 3.05) is 0 Å². The molecule has 0 unspecified atom stereocenters. The molecule has 0 radical (unpaired) electrons. The van der Waals surface area contributed by atoms with E-state index in [1.807, 2.05) is 19.1 Å². The van der Waals surface area contributed by atoms with Gasteiger partial charge in [0.1, 0.15) is 5.54 Å². The summed E-state index contributed by atoms with van der Waals surface area (Å²) in [6, 6.07) is 8.13. The molecule has 0 fully saturated rings. The fraction of sp³-hybridized carbons (Fsp3) is 0.588. The lowest BCUT2D eigenvalue weighted by atomic mass is 9.84. The van der Waals surface area contributed by atoms with Crippen LogP contribution in [0.5, 0.6) is 0 Å². The quantitative estimate of drug-likeness (QED) is 0.836. The maximum absolute atomic E-state index is 11.4. The Morgan fingerprint density at radius 2 is 1.71 bits per heavy atom. The van der Waals surface area contributed by atoms with Gasteiger partial charge in [-0.1, -0.05) is 64.8 Å². The van der Waals surface area contributed by atoms with Crippen LogP contribution >= 0.6 is 12.4 Å². The van der Waals surface area contributed by atoms with E-state index in [0.29, 0.717) is 12.8 Å². The molecular formula is C17H28ClNO2. The van der Waals surface area contributed by atoms with Crippen molar-refractivity contribution in [2.24, 2.45) is 5.73 Å². The number of hydrogen-bond acceptors (Lipinski definition) is 2. The summed E-state index contributed by atoms with van der Waals surface area (Å²) in [4.78, 5) is 11.4. The maximum atomic E-state index is 11.4. The number of benzene rings is 1. The molecule has 0 heterocycles. The normalized spacial score (nSPS) is 14.1. The number of hydrogen-bond donors (Lipinski definition) is 2. The third-order valence-corrected chi connectivity index (χ3v) is 3.74. The van der Waals surface area contributed by atoms with Gasteiger partial charge in [-0.2, -0.15) is 0 Å². The molecule has 0 aromatic heterocycles. The van der Waals surface area contributed by atoms with Crippen LogP contribution in [0.4, 0.5) is 0 Å². The van der Waals surface area contributed by atoms with Crippen molar-refractivity contribution in [3.63, 3.8) is 0 Å². The summed E-state index contributed by atoms with van der Waals surface area (Å²) in [6.07, 6.45) is 2.69. The zero-order chi connectivity index (χ0) is 15.4. The molecule has 0 spiro atoms. The summed E-state index contributed by atoms with van der Waals surface area (Å²) in [7, 11) is 0. The molecule has 120 valence electrons. The van der Waals surface area contributed by atoms with E-state index < -0.39 is 11.5 Å². The van der Waals surface area contributed by atoms with Gasteiger partial charge in [0, 0.05) is 6.42 Å². The Labute approximate surface area is 134 Å². The van der Waals surface area contributed by atoms with Crippen LogP contribution in [0.15, 0.2) is 24.3 Å². The first-order chi connectivity index (χ1) is 9.19. The van der Waals surface area contributed by atoms with Crippen LogP contribution in [0.1, 0.15) is 58.1 Å². The minimum atomic E-state index is -1.15. The summed E-state index contributed by atoms with van der Waals surface area (Å²) in [5.41, 5.74) is 7.26. The van der Waals surface area contributed by atoms with Crippen molar-refractivity contribution < 1.29 is 9.90 Å². The molecule has 0 saturated heterocycles. The van der Waals surface area contributed by atoms with Gasteiger partial charge in [-0.05, 0) is 23.0 Å². The number of halogens is 1. The zero-order valence-electron chi connectivity index (χ0n) is 13.5. The molecule has 0 aliphatic rings. The second kappa shape index (κ2) is 7.81. The number of unbranched alkanes of at least 4 members (excludes halogenated alkanes) is 1. The number of aliphatic carboxylic acids is 1. The van der Waals surface area contributed by atoms with Crippen molar-refractivity contribution in [1.82, 2.24) is 0 Å². The highest BCUT2D eigenvalue weighted by Gasteiger charge is 2.33. The smallest absolute Gasteiger partial charge is 0.324 e. The van der Waals surface area contributed by atoms with E-state index in [-0.39, 0.29) is 17.8 Å². The molecule has 21 heavy (non-hydrogen) atoms. The van der Waals surface area contributed by atoms with Crippen molar-refractivity contribution in [3.8, 4) is 0 Å². The van der Waals surface area contributed by atoms with Crippen LogP contribution in [0.3, 0.4) is 0 Å². The topological polar surface area (TPSA) is 63.3 Å². The molecule has 1 aromatic carbocycles. The monoisotopic (exact) mass is 313 g/mol. The van der Waals surface area contributed by atoms with Gasteiger partial charge in [0.25, 0.3) is 0 Å². The maximum Gasteiger partial charge on any atom is 0.324 e. The number of carbonyl (C=O) groups is 1. The van der Waals surface area contributed by atoms with Crippen LogP contribution in [0, 0.1) is 0 Å². The van der Waals surface area contributed by atoms with E-state index in [2.05, 4.69) is 32.9 Å².